The zero-order chi connectivity index (χ0) is 28.0. The molecule has 1 atom stereocenters. The Bertz CT molecular complexity index is 1340. The van der Waals surface area contributed by atoms with Gasteiger partial charge in [0.05, 0.1) is 10.1 Å². The van der Waals surface area contributed by atoms with Gasteiger partial charge in [0.15, 0.2) is 9.84 Å². The average molecular weight is 561 g/mol. The van der Waals surface area contributed by atoms with E-state index in [1.165, 1.54) is 5.56 Å². The van der Waals surface area contributed by atoms with Crippen LogP contribution in [0, 0.1) is 0 Å². The number of carbonyl (C=O) groups is 1. The molecule has 5 rings (SSSR count). The van der Waals surface area contributed by atoms with Gasteiger partial charge >= 0.3 is 6.09 Å². The molecule has 0 radical (unpaired) electrons. The predicted octanol–water partition coefficient (Wildman–Crippen LogP) is 6.07. The minimum Gasteiger partial charge on any atom is -0.445 e. The highest BCUT2D eigenvalue weighted by molar-refractivity contribution is 7.92. The van der Waals surface area contributed by atoms with Crippen LogP contribution in [0.25, 0.3) is 0 Å². The van der Waals surface area contributed by atoms with Crippen molar-refractivity contribution in [3.63, 3.8) is 0 Å². The Morgan fingerprint density at radius 3 is 2.15 bits per heavy atom. The molecule has 1 saturated heterocycles. The summed E-state index contributed by atoms with van der Waals surface area (Å²) in [4.78, 5) is 17.3. The van der Waals surface area contributed by atoms with Gasteiger partial charge in [-0.05, 0) is 80.3 Å². The van der Waals surface area contributed by atoms with E-state index in [-0.39, 0.29) is 29.4 Å². The first-order valence-corrected chi connectivity index (χ1v) is 15.9. The van der Waals surface area contributed by atoms with Crippen LogP contribution in [0.15, 0.2) is 95.9 Å². The fourth-order valence-electron chi connectivity index (χ4n) is 6.42. The van der Waals surface area contributed by atoms with Crippen LogP contribution in [-0.4, -0.2) is 62.3 Å². The summed E-state index contributed by atoms with van der Waals surface area (Å²) < 4.78 is 32.0. The Morgan fingerprint density at radius 2 is 1.50 bits per heavy atom. The molecular formula is C33H40N2O4S. The maximum atomic E-state index is 13.2. The summed E-state index contributed by atoms with van der Waals surface area (Å²) in [5.41, 5.74) is 2.34. The molecule has 1 aliphatic carbocycles. The number of carbonyl (C=O) groups excluding carboxylic acids is 1. The van der Waals surface area contributed by atoms with Crippen molar-refractivity contribution in [2.24, 2.45) is 0 Å². The molecular weight excluding hydrogens is 520 g/mol. The van der Waals surface area contributed by atoms with E-state index in [1.807, 2.05) is 43.4 Å². The van der Waals surface area contributed by atoms with Crippen LogP contribution in [0.4, 0.5) is 4.79 Å². The number of ether oxygens (including phenoxy) is 1. The maximum Gasteiger partial charge on any atom is 0.410 e. The third-order valence-electron chi connectivity index (χ3n) is 8.99. The number of benzene rings is 3. The van der Waals surface area contributed by atoms with Gasteiger partial charge in [-0.3, -0.25) is 0 Å². The molecule has 40 heavy (non-hydrogen) atoms. The molecule has 1 aliphatic heterocycles. The van der Waals surface area contributed by atoms with E-state index in [0.29, 0.717) is 17.9 Å². The highest BCUT2D eigenvalue weighted by Crippen LogP contribution is 2.43. The lowest BCUT2D eigenvalue weighted by atomic mass is 9.66. The SMILES string of the molecule is CN(C(=O)OCc1ccccc1)C1CCC(CCN2CCC(S(=O)(=O)c3ccccc3)C2)(c2ccccc2)CC1. The van der Waals surface area contributed by atoms with Gasteiger partial charge in [-0.2, -0.15) is 0 Å². The summed E-state index contributed by atoms with van der Waals surface area (Å²) >= 11 is 0. The predicted molar refractivity (Wildman–Crippen MR) is 158 cm³/mol. The van der Waals surface area contributed by atoms with Crippen LogP contribution in [0.5, 0.6) is 0 Å². The highest BCUT2D eigenvalue weighted by atomic mass is 32.2. The molecule has 6 nitrogen and oxygen atoms in total. The largest absolute Gasteiger partial charge is 0.445 e. The van der Waals surface area contributed by atoms with E-state index in [0.717, 1.165) is 50.8 Å². The fraction of sp³-hybridized carbons (Fsp3) is 0.424. The summed E-state index contributed by atoms with van der Waals surface area (Å²) in [5, 5.41) is -0.353. The smallest absolute Gasteiger partial charge is 0.410 e. The molecule has 0 N–H and O–H groups in total. The van der Waals surface area contributed by atoms with Gasteiger partial charge in [0, 0.05) is 19.6 Å². The van der Waals surface area contributed by atoms with Crippen molar-refractivity contribution in [3.05, 3.63) is 102 Å². The molecule has 1 heterocycles. The van der Waals surface area contributed by atoms with Crippen LogP contribution in [-0.2, 0) is 26.6 Å². The van der Waals surface area contributed by atoms with Crippen molar-refractivity contribution in [3.8, 4) is 0 Å². The molecule has 0 bridgehead atoms. The summed E-state index contributed by atoms with van der Waals surface area (Å²) in [5.74, 6) is 0. The minimum absolute atomic E-state index is 0.0168. The molecule has 1 saturated carbocycles. The number of hydrogen-bond donors (Lipinski definition) is 0. The van der Waals surface area contributed by atoms with E-state index >= 15 is 0 Å². The van der Waals surface area contributed by atoms with Crippen LogP contribution in [0.1, 0.15) is 49.7 Å². The number of likely N-dealkylation sites (tertiary alicyclic amines) is 1. The van der Waals surface area contributed by atoms with Crippen LogP contribution < -0.4 is 0 Å². The standard InChI is InChI=1S/C33H40N2O4S/c1-34(32(36)39-26-27-11-5-2-6-12-27)29-17-20-33(21-18-29,28-13-7-3-8-14-28)22-24-35-23-19-31(25-35)40(37,38)30-15-9-4-10-16-30/h2-16,29,31H,17-26H2,1H3. The second-order valence-electron chi connectivity index (χ2n) is 11.3. The second-order valence-corrected chi connectivity index (χ2v) is 13.6. The van der Waals surface area contributed by atoms with E-state index in [2.05, 4.69) is 35.2 Å². The Balaban J connectivity index is 1.19. The summed E-state index contributed by atoms with van der Waals surface area (Å²) in [6, 6.07) is 29.5. The fourth-order valence-corrected chi connectivity index (χ4v) is 8.16. The number of hydrogen-bond acceptors (Lipinski definition) is 5. The van der Waals surface area contributed by atoms with Crippen LogP contribution in [0.2, 0.25) is 0 Å². The zero-order valence-electron chi connectivity index (χ0n) is 23.3. The molecule has 0 aromatic heterocycles. The van der Waals surface area contributed by atoms with E-state index < -0.39 is 9.84 Å². The quantitative estimate of drug-likeness (QED) is 0.318. The molecule has 2 aliphatic rings. The van der Waals surface area contributed by atoms with E-state index in [4.69, 9.17) is 4.74 Å². The van der Waals surface area contributed by atoms with Gasteiger partial charge in [0.25, 0.3) is 0 Å². The zero-order valence-corrected chi connectivity index (χ0v) is 24.1. The maximum absolute atomic E-state index is 13.2. The lowest BCUT2D eigenvalue weighted by molar-refractivity contribution is 0.0740. The first-order valence-electron chi connectivity index (χ1n) is 14.4. The van der Waals surface area contributed by atoms with Gasteiger partial charge in [0.1, 0.15) is 6.61 Å². The Kier molecular flexibility index (Phi) is 8.91. The molecule has 0 spiro atoms. The van der Waals surface area contributed by atoms with Crippen molar-refractivity contribution in [2.45, 2.75) is 66.7 Å². The normalized spacial score (nSPS) is 23.5. The minimum atomic E-state index is -3.32. The topological polar surface area (TPSA) is 66.9 Å². The lowest BCUT2D eigenvalue weighted by Crippen LogP contribution is -2.44. The van der Waals surface area contributed by atoms with Gasteiger partial charge < -0.3 is 14.5 Å². The summed E-state index contributed by atoms with van der Waals surface area (Å²) in [6.45, 7) is 2.54. The Labute approximate surface area is 238 Å². The monoisotopic (exact) mass is 560 g/mol. The molecule has 3 aromatic rings. The molecule has 7 heteroatoms. The molecule has 1 unspecified atom stereocenters. The third-order valence-corrected chi connectivity index (χ3v) is 11.2. The Hall–Kier alpha value is -3.16. The summed E-state index contributed by atoms with van der Waals surface area (Å²) in [6.07, 6.45) is 5.17. The highest BCUT2D eigenvalue weighted by Gasteiger charge is 2.40. The van der Waals surface area contributed by atoms with Crippen LogP contribution in [0.3, 0.4) is 0 Å². The van der Waals surface area contributed by atoms with Gasteiger partial charge in [-0.15, -0.1) is 0 Å². The number of nitrogens with zero attached hydrogens (tertiary/aromatic N) is 2. The molecule has 2 fully saturated rings. The number of amides is 1. The number of sulfone groups is 1. The average Bonchev–Trinajstić information content (AvgIpc) is 3.50. The van der Waals surface area contributed by atoms with Crippen molar-refractivity contribution < 1.29 is 17.9 Å². The van der Waals surface area contributed by atoms with Crippen molar-refractivity contribution in [2.75, 3.05) is 26.7 Å². The van der Waals surface area contributed by atoms with Gasteiger partial charge in [-0.1, -0.05) is 78.9 Å². The Morgan fingerprint density at radius 1 is 0.900 bits per heavy atom. The number of rotatable bonds is 9. The first-order chi connectivity index (χ1) is 19.4. The van der Waals surface area contributed by atoms with Crippen molar-refractivity contribution >= 4 is 15.9 Å². The van der Waals surface area contributed by atoms with Gasteiger partial charge in [-0.25, -0.2) is 13.2 Å². The molecule has 3 aromatic carbocycles. The molecule has 1 amide bonds. The van der Waals surface area contributed by atoms with E-state index in [9.17, 15) is 13.2 Å². The van der Waals surface area contributed by atoms with Crippen LogP contribution >= 0.6 is 0 Å². The second kappa shape index (κ2) is 12.6. The van der Waals surface area contributed by atoms with E-state index in [1.54, 1.807) is 29.2 Å². The summed E-state index contributed by atoms with van der Waals surface area (Å²) in [7, 11) is -1.47. The molecule has 212 valence electrons. The van der Waals surface area contributed by atoms with Crippen molar-refractivity contribution in [1.82, 2.24) is 9.80 Å². The van der Waals surface area contributed by atoms with Crippen molar-refractivity contribution in [1.29, 1.82) is 0 Å². The third kappa shape index (κ3) is 6.42. The first kappa shape index (κ1) is 28.4. The lowest BCUT2D eigenvalue weighted by Gasteiger charge is -2.43. The van der Waals surface area contributed by atoms with Gasteiger partial charge in [0.2, 0.25) is 0 Å².